The van der Waals surface area contributed by atoms with Gasteiger partial charge in [0.15, 0.2) is 0 Å². The minimum absolute atomic E-state index is 0.0354. The van der Waals surface area contributed by atoms with Crippen LogP contribution in [-0.2, 0) is 6.54 Å². The Hall–Kier alpha value is -2.40. The van der Waals surface area contributed by atoms with Gasteiger partial charge in [0.25, 0.3) is 0 Å². The summed E-state index contributed by atoms with van der Waals surface area (Å²) in [5.74, 6) is 0. The summed E-state index contributed by atoms with van der Waals surface area (Å²) in [5, 5.41) is 3.10. The van der Waals surface area contributed by atoms with Gasteiger partial charge in [0, 0.05) is 18.8 Å². The number of pyridine rings is 1. The molecule has 2 aromatic rings. The maximum atomic E-state index is 13.0. The topological polar surface area (TPSA) is 48.5 Å². The number of urea groups is 1. The van der Waals surface area contributed by atoms with Gasteiger partial charge in [-0.2, -0.15) is 0 Å². The van der Waals surface area contributed by atoms with Gasteiger partial charge in [-0.3, -0.25) is 4.98 Å². The van der Waals surface area contributed by atoms with Crippen molar-refractivity contribution in [3.63, 3.8) is 0 Å². The molecule has 1 aliphatic rings. The number of carbonyl (C=O) groups excluding carboxylic acids is 1. The van der Waals surface area contributed by atoms with E-state index < -0.39 is 0 Å². The van der Waals surface area contributed by atoms with Crippen molar-refractivity contribution in [3.8, 4) is 0 Å². The van der Waals surface area contributed by atoms with E-state index in [1.165, 1.54) is 11.1 Å². The van der Waals surface area contributed by atoms with Crippen molar-refractivity contribution >= 4 is 11.7 Å². The third-order valence-corrected chi connectivity index (χ3v) is 5.13. The number of likely N-dealkylation sites (tertiary alicyclic amines) is 1. The maximum Gasteiger partial charge on any atom is 0.322 e. The van der Waals surface area contributed by atoms with Gasteiger partial charge in [0.2, 0.25) is 0 Å². The summed E-state index contributed by atoms with van der Waals surface area (Å²) in [7, 11) is 4.14. The summed E-state index contributed by atoms with van der Waals surface area (Å²) >= 11 is 0. The predicted molar refractivity (Wildman–Crippen MR) is 110 cm³/mol. The molecule has 1 atom stereocenters. The molecule has 0 saturated carbocycles. The van der Waals surface area contributed by atoms with Gasteiger partial charge in [-0.15, -0.1) is 0 Å². The van der Waals surface area contributed by atoms with Crippen molar-refractivity contribution in [1.82, 2.24) is 14.8 Å². The fraction of sp³-hybridized carbons (Fsp3) is 0.455. The van der Waals surface area contributed by atoms with Crippen LogP contribution in [0.3, 0.4) is 0 Å². The van der Waals surface area contributed by atoms with Gasteiger partial charge in [0.05, 0.1) is 17.4 Å². The van der Waals surface area contributed by atoms with Gasteiger partial charge in [-0.25, -0.2) is 4.79 Å². The minimum atomic E-state index is -0.0354. The Bertz CT molecular complexity index is 791. The first-order valence-corrected chi connectivity index (χ1v) is 9.61. The number of aromatic nitrogens is 1. The minimum Gasteiger partial charge on any atom is -0.317 e. The highest BCUT2D eigenvalue weighted by Gasteiger charge is 2.30. The Kier molecular flexibility index (Phi) is 5.80. The molecule has 2 heterocycles. The van der Waals surface area contributed by atoms with Crippen LogP contribution in [0.15, 0.2) is 30.3 Å². The monoisotopic (exact) mass is 366 g/mol. The zero-order valence-electron chi connectivity index (χ0n) is 17.0. The molecule has 1 fully saturated rings. The number of anilines is 1. The number of amides is 2. The first kappa shape index (κ1) is 19.4. The lowest BCUT2D eigenvalue weighted by molar-refractivity contribution is 0.207. The van der Waals surface area contributed by atoms with Gasteiger partial charge in [0.1, 0.15) is 0 Å². The van der Waals surface area contributed by atoms with Crippen molar-refractivity contribution in [2.45, 2.75) is 46.2 Å². The lowest BCUT2D eigenvalue weighted by atomic mass is 10.0. The summed E-state index contributed by atoms with van der Waals surface area (Å²) < 4.78 is 0. The third kappa shape index (κ3) is 4.48. The number of benzene rings is 1. The zero-order chi connectivity index (χ0) is 19.6. The molecular formula is C22H30N4O. The number of rotatable bonds is 4. The van der Waals surface area contributed by atoms with Crippen LogP contribution in [0.4, 0.5) is 10.5 Å². The molecule has 1 N–H and O–H groups in total. The summed E-state index contributed by atoms with van der Waals surface area (Å²) in [5.41, 5.74) is 6.22. The maximum absolute atomic E-state index is 13.0. The fourth-order valence-corrected chi connectivity index (χ4v) is 3.96. The average Bonchev–Trinajstić information content (AvgIpc) is 3.08. The van der Waals surface area contributed by atoms with Crippen molar-refractivity contribution in [2.75, 3.05) is 26.0 Å². The van der Waals surface area contributed by atoms with Crippen molar-refractivity contribution < 1.29 is 4.79 Å². The number of nitrogens with zero attached hydrogens (tertiary/aromatic N) is 3. The molecule has 1 aromatic carbocycles. The van der Waals surface area contributed by atoms with E-state index >= 15 is 0 Å². The van der Waals surface area contributed by atoms with Crippen molar-refractivity contribution in [3.05, 3.63) is 58.4 Å². The molecule has 0 spiro atoms. The van der Waals surface area contributed by atoms with E-state index in [1.54, 1.807) is 0 Å². The number of hydrogen-bond donors (Lipinski definition) is 1. The Balaban J connectivity index is 1.75. The second kappa shape index (κ2) is 8.09. The normalized spacial score (nSPS) is 16.8. The molecule has 5 heteroatoms. The highest BCUT2D eigenvalue weighted by atomic mass is 16.2. The number of aryl methyl sites for hydroxylation is 3. The molecule has 144 valence electrons. The Morgan fingerprint density at radius 2 is 1.93 bits per heavy atom. The molecule has 1 unspecified atom stereocenters. The summed E-state index contributed by atoms with van der Waals surface area (Å²) in [6, 6.07) is 10.8. The predicted octanol–water partition coefficient (Wildman–Crippen LogP) is 4.44. The van der Waals surface area contributed by atoms with Crippen LogP contribution in [0.5, 0.6) is 0 Å². The van der Waals surface area contributed by atoms with Crippen LogP contribution < -0.4 is 5.32 Å². The summed E-state index contributed by atoms with van der Waals surface area (Å²) in [4.78, 5) is 21.6. The van der Waals surface area contributed by atoms with Gasteiger partial charge in [-0.05, 0) is 70.5 Å². The summed E-state index contributed by atoms with van der Waals surface area (Å²) in [6.07, 6.45) is 2.03. The molecule has 0 aliphatic carbocycles. The van der Waals surface area contributed by atoms with Crippen LogP contribution in [0.1, 0.15) is 47.0 Å². The molecule has 3 rings (SSSR count). The molecule has 0 bridgehead atoms. The van der Waals surface area contributed by atoms with Crippen LogP contribution in [0, 0.1) is 20.8 Å². The quantitative estimate of drug-likeness (QED) is 0.870. The van der Waals surface area contributed by atoms with Crippen LogP contribution in [-0.4, -0.2) is 41.5 Å². The van der Waals surface area contributed by atoms with E-state index in [-0.39, 0.29) is 12.1 Å². The standard InChI is InChI=1S/C22H30N4O/c1-15-13-16(2)23-17(3)21(15)24-22(27)26-12-6-7-20(26)19-10-8-18(9-11-19)14-25(4)5/h8-11,13,20H,6-7,12,14H2,1-5H3,(H,24,27). The first-order valence-electron chi connectivity index (χ1n) is 9.61. The molecule has 1 saturated heterocycles. The largest absolute Gasteiger partial charge is 0.322 e. The Morgan fingerprint density at radius 3 is 2.56 bits per heavy atom. The van der Waals surface area contributed by atoms with E-state index in [0.717, 1.165) is 48.6 Å². The average molecular weight is 367 g/mol. The highest BCUT2D eigenvalue weighted by molar-refractivity contribution is 5.91. The molecular weight excluding hydrogens is 336 g/mol. The third-order valence-electron chi connectivity index (χ3n) is 5.13. The molecule has 1 aliphatic heterocycles. The molecule has 27 heavy (non-hydrogen) atoms. The van der Waals surface area contributed by atoms with E-state index in [4.69, 9.17) is 0 Å². The number of hydrogen-bond acceptors (Lipinski definition) is 3. The molecule has 0 radical (unpaired) electrons. The zero-order valence-corrected chi connectivity index (χ0v) is 17.0. The molecule has 5 nitrogen and oxygen atoms in total. The second-order valence-electron chi connectivity index (χ2n) is 7.80. The Morgan fingerprint density at radius 1 is 1.22 bits per heavy atom. The highest BCUT2D eigenvalue weighted by Crippen LogP contribution is 2.33. The number of carbonyl (C=O) groups is 1. The number of nitrogens with one attached hydrogen (secondary N) is 1. The molecule has 2 amide bonds. The van der Waals surface area contributed by atoms with E-state index in [2.05, 4.69) is 53.6 Å². The van der Waals surface area contributed by atoms with Crippen LogP contribution in [0.25, 0.3) is 0 Å². The van der Waals surface area contributed by atoms with Gasteiger partial charge >= 0.3 is 6.03 Å². The van der Waals surface area contributed by atoms with E-state index in [0.29, 0.717) is 0 Å². The first-order chi connectivity index (χ1) is 12.8. The summed E-state index contributed by atoms with van der Waals surface area (Å²) in [6.45, 7) is 7.65. The van der Waals surface area contributed by atoms with E-state index in [9.17, 15) is 4.79 Å². The van der Waals surface area contributed by atoms with E-state index in [1.807, 2.05) is 31.7 Å². The van der Waals surface area contributed by atoms with Gasteiger partial charge < -0.3 is 15.1 Å². The van der Waals surface area contributed by atoms with Gasteiger partial charge in [-0.1, -0.05) is 24.3 Å². The lowest BCUT2D eigenvalue weighted by Crippen LogP contribution is -2.35. The van der Waals surface area contributed by atoms with Crippen molar-refractivity contribution in [2.24, 2.45) is 0 Å². The smallest absolute Gasteiger partial charge is 0.317 e. The lowest BCUT2D eigenvalue weighted by Gasteiger charge is -2.26. The SMILES string of the molecule is Cc1cc(C)c(NC(=O)N2CCCC2c2ccc(CN(C)C)cc2)c(C)n1. The van der Waals surface area contributed by atoms with Crippen LogP contribution in [0.2, 0.25) is 0 Å². The fourth-order valence-electron chi connectivity index (χ4n) is 3.96. The second-order valence-corrected chi connectivity index (χ2v) is 7.80. The van der Waals surface area contributed by atoms with Crippen LogP contribution >= 0.6 is 0 Å². The van der Waals surface area contributed by atoms with Crippen molar-refractivity contribution in [1.29, 1.82) is 0 Å². The molecule has 1 aromatic heterocycles. The Labute approximate surface area is 162 Å².